The molecule has 1 atom stereocenters. The van der Waals surface area contributed by atoms with Crippen LogP contribution in [0.25, 0.3) is 4.96 Å². The van der Waals surface area contributed by atoms with Crippen molar-refractivity contribution < 1.29 is 19.4 Å². The number of benzene rings is 1. The van der Waals surface area contributed by atoms with Crippen LogP contribution in [0.5, 0.6) is 17.4 Å². The molecule has 2 aromatic heterocycles. The van der Waals surface area contributed by atoms with Gasteiger partial charge in [-0.05, 0) is 57.5 Å². The summed E-state index contributed by atoms with van der Waals surface area (Å²) >= 11 is 1.41. The Labute approximate surface area is 184 Å². The molecule has 0 spiro atoms. The van der Waals surface area contributed by atoms with E-state index in [4.69, 9.17) is 15.2 Å². The van der Waals surface area contributed by atoms with Crippen molar-refractivity contribution in [2.75, 3.05) is 26.8 Å². The quantitative estimate of drug-likeness (QED) is 0.574. The van der Waals surface area contributed by atoms with Gasteiger partial charge in [0, 0.05) is 5.92 Å². The summed E-state index contributed by atoms with van der Waals surface area (Å²) in [6.45, 7) is 5.61. The Hall–Kier alpha value is -2.85. The van der Waals surface area contributed by atoms with Gasteiger partial charge in [-0.3, -0.25) is 9.69 Å². The Kier molecular flexibility index (Phi) is 6.01. The van der Waals surface area contributed by atoms with Gasteiger partial charge in [0.1, 0.15) is 5.82 Å². The van der Waals surface area contributed by atoms with E-state index in [2.05, 4.69) is 15.0 Å². The second-order valence-electron chi connectivity index (χ2n) is 7.60. The maximum Gasteiger partial charge on any atom is 0.230 e. The average Bonchev–Trinajstić information content (AvgIpc) is 3.27. The molecule has 1 aliphatic rings. The number of nitrogens with zero attached hydrogens (tertiary/aromatic N) is 4. The molecule has 1 fully saturated rings. The van der Waals surface area contributed by atoms with Crippen LogP contribution in [-0.2, 0) is 4.79 Å². The number of fused-ring (bicyclic) bond motifs is 1. The van der Waals surface area contributed by atoms with Crippen molar-refractivity contribution in [3.05, 3.63) is 34.5 Å². The minimum atomic E-state index is -0.254. The van der Waals surface area contributed by atoms with E-state index in [0.29, 0.717) is 54.8 Å². The van der Waals surface area contributed by atoms with Gasteiger partial charge in [0.2, 0.25) is 16.7 Å². The number of thiazole rings is 1. The van der Waals surface area contributed by atoms with Gasteiger partial charge in [0.05, 0.1) is 24.6 Å². The Bertz CT molecular complexity index is 1090. The SMILES string of the molecule is CCOc1ccc([C@H](c2sc3nc(C)nn3c2O)N2CCC(C(N)=O)CC2)cc1OC. The van der Waals surface area contributed by atoms with E-state index >= 15 is 0 Å². The molecule has 0 bridgehead atoms. The summed E-state index contributed by atoms with van der Waals surface area (Å²) in [6.07, 6.45) is 1.36. The van der Waals surface area contributed by atoms with Crippen molar-refractivity contribution >= 4 is 22.2 Å². The summed E-state index contributed by atoms with van der Waals surface area (Å²) in [5, 5.41) is 15.3. The number of ether oxygens (including phenoxy) is 2. The molecule has 1 aliphatic heterocycles. The summed E-state index contributed by atoms with van der Waals surface area (Å²) in [5.41, 5.74) is 6.48. The van der Waals surface area contributed by atoms with E-state index in [1.54, 1.807) is 14.0 Å². The normalized spacial score (nSPS) is 16.5. The minimum absolute atomic E-state index is 0.0791. The van der Waals surface area contributed by atoms with Crippen LogP contribution < -0.4 is 15.2 Å². The number of carbonyl (C=O) groups is 1. The zero-order valence-corrected chi connectivity index (χ0v) is 18.7. The Morgan fingerprint density at radius 1 is 1.35 bits per heavy atom. The van der Waals surface area contributed by atoms with Crippen LogP contribution >= 0.6 is 11.3 Å². The number of piperidine rings is 1. The fourth-order valence-corrected chi connectivity index (χ4v) is 5.29. The Morgan fingerprint density at radius 2 is 2.10 bits per heavy atom. The fourth-order valence-electron chi connectivity index (χ4n) is 4.13. The summed E-state index contributed by atoms with van der Waals surface area (Å²) in [4.78, 5) is 19.7. The first-order valence-corrected chi connectivity index (χ1v) is 11.1. The number of methoxy groups -OCH3 is 1. The first-order chi connectivity index (χ1) is 14.9. The van der Waals surface area contributed by atoms with E-state index in [9.17, 15) is 9.90 Å². The van der Waals surface area contributed by atoms with Gasteiger partial charge in [-0.1, -0.05) is 17.4 Å². The van der Waals surface area contributed by atoms with Crippen LogP contribution in [0.1, 0.15) is 42.1 Å². The number of primary amides is 1. The van der Waals surface area contributed by atoms with Gasteiger partial charge < -0.3 is 20.3 Å². The number of aryl methyl sites for hydroxylation is 1. The highest BCUT2D eigenvalue weighted by molar-refractivity contribution is 7.17. The van der Waals surface area contributed by atoms with E-state index in [0.717, 1.165) is 10.4 Å². The third-order valence-corrected chi connectivity index (χ3v) is 6.73. The summed E-state index contributed by atoms with van der Waals surface area (Å²) in [5.74, 6) is 1.61. The number of likely N-dealkylation sites (tertiary alicyclic amines) is 1. The number of amides is 1. The smallest absolute Gasteiger partial charge is 0.230 e. The van der Waals surface area contributed by atoms with Gasteiger partial charge in [-0.2, -0.15) is 4.52 Å². The lowest BCUT2D eigenvalue weighted by Crippen LogP contribution is -2.40. The zero-order valence-electron chi connectivity index (χ0n) is 17.9. The van der Waals surface area contributed by atoms with E-state index in [-0.39, 0.29) is 23.7 Å². The largest absolute Gasteiger partial charge is 0.493 e. The highest BCUT2D eigenvalue weighted by Gasteiger charge is 2.33. The monoisotopic (exact) mass is 445 g/mol. The van der Waals surface area contributed by atoms with Gasteiger partial charge in [0.15, 0.2) is 11.5 Å². The van der Waals surface area contributed by atoms with E-state index in [1.807, 2.05) is 25.1 Å². The molecule has 0 radical (unpaired) electrons. The van der Waals surface area contributed by atoms with E-state index < -0.39 is 0 Å². The van der Waals surface area contributed by atoms with Crippen LogP contribution in [0.3, 0.4) is 0 Å². The predicted octanol–water partition coefficient (Wildman–Crippen LogP) is 2.50. The number of hydrogen-bond donors (Lipinski definition) is 2. The number of aromatic nitrogens is 3. The lowest BCUT2D eigenvalue weighted by molar-refractivity contribution is -0.123. The molecule has 1 saturated heterocycles. The van der Waals surface area contributed by atoms with Crippen LogP contribution in [0.2, 0.25) is 0 Å². The maximum atomic E-state index is 11.6. The van der Waals surface area contributed by atoms with Crippen molar-refractivity contribution in [2.24, 2.45) is 11.7 Å². The highest BCUT2D eigenvalue weighted by atomic mass is 32.1. The Balaban J connectivity index is 1.77. The minimum Gasteiger partial charge on any atom is -0.493 e. The van der Waals surface area contributed by atoms with Gasteiger partial charge in [-0.15, -0.1) is 5.10 Å². The second kappa shape index (κ2) is 8.72. The standard InChI is InChI=1S/C21H27N5O4S/c1-4-30-15-6-5-14(11-16(15)29-3)17(25-9-7-13(8-10-25)19(22)27)18-20(28)26-21(31-18)23-12(2)24-26/h5-6,11,13,17,28H,4,7-10H2,1-3H3,(H2,22,27)/t17-/m1/s1. The third kappa shape index (κ3) is 4.05. The highest BCUT2D eigenvalue weighted by Crippen LogP contribution is 2.43. The maximum absolute atomic E-state index is 11.6. The molecule has 10 heteroatoms. The number of nitrogens with two attached hydrogens (primary N) is 1. The molecule has 0 unspecified atom stereocenters. The van der Waals surface area contributed by atoms with Gasteiger partial charge in [0.25, 0.3) is 0 Å². The molecule has 31 heavy (non-hydrogen) atoms. The van der Waals surface area contributed by atoms with Crippen LogP contribution in [-0.4, -0.2) is 57.3 Å². The van der Waals surface area contributed by atoms with Gasteiger partial charge in [-0.25, -0.2) is 4.98 Å². The molecule has 0 aliphatic carbocycles. The summed E-state index contributed by atoms with van der Waals surface area (Å²) in [7, 11) is 1.61. The second-order valence-corrected chi connectivity index (χ2v) is 8.61. The van der Waals surface area contributed by atoms with Crippen LogP contribution in [0, 0.1) is 12.8 Å². The van der Waals surface area contributed by atoms with Gasteiger partial charge >= 0.3 is 0 Å². The third-order valence-electron chi connectivity index (χ3n) is 5.65. The van der Waals surface area contributed by atoms with Crippen molar-refractivity contribution in [2.45, 2.75) is 32.7 Å². The molecule has 3 N–H and O–H groups in total. The molecule has 4 rings (SSSR count). The van der Waals surface area contributed by atoms with Crippen LogP contribution in [0.15, 0.2) is 18.2 Å². The van der Waals surface area contributed by atoms with Crippen LogP contribution in [0.4, 0.5) is 0 Å². The van der Waals surface area contributed by atoms with Crippen molar-refractivity contribution in [3.63, 3.8) is 0 Å². The summed E-state index contributed by atoms with van der Waals surface area (Å²) in [6, 6.07) is 5.57. The molecule has 1 aromatic carbocycles. The first-order valence-electron chi connectivity index (χ1n) is 10.3. The van der Waals surface area contributed by atoms with E-state index in [1.165, 1.54) is 15.9 Å². The molecule has 166 valence electrons. The number of aromatic hydroxyl groups is 1. The fraction of sp³-hybridized carbons (Fsp3) is 0.476. The lowest BCUT2D eigenvalue weighted by Gasteiger charge is -2.36. The van der Waals surface area contributed by atoms with Crippen molar-refractivity contribution in [3.8, 4) is 17.4 Å². The lowest BCUT2D eigenvalue weighted by atomic mass is 9.93. The molecule has 3 heterocycles. The Morgan fingerprint density at radius 3 is 2.71 bits per heavy atom. The molecule has 3 aromatic rings. The number of rotatable bonds is 7. The first kappa shape index (κ1) is 21.4. The molecular formula is C21H27N5O4S. The molecule has 1 amide bonds. The predicted molar refractivity (Wildman–Crippen MR) is 117 cm³/mol. The number of carbonyl (C=O) groups excluding carboxylic acids is 1. The summed E-state index contributed by atoms with van der Waals surface area (Å²) < 4.78 is 12.7. The topological polar surface area (TPSA) is 115 Å². The molecule has 0 saturated carbocycles. The zero-order chi connectivity index (χ0) is 22.1. The van der Waals surface area contributed by atoms with Crippen molar-refractivity contribution in [1.29, 1.82) is 0 Å². The number of hydrogen-bond acceptors (Lipinski definition) is 8. The average molecular weight is 446 g/mol. The molecule has 9 nitrogen and oxygen atoms in total. The molecular weight excluding hydrogens is 418 g/mol. The van der Waals surface area contributed by atoms with Crippen molar-refractivity contribution in [1.82, 2.24) is 19.5 Å².